The first kappa shape index (κ1) is 19.4. The summed E-state index contributed by atoms with van der Waals surface area (Å²) in [7, 11) is 0. The first-order valence-electron chi connectivity index (χ1n) is 10.3. The molecule has 3 unspecified atom stereocenters. The van der Waals surface area contributed by atoms with Crippen molar-refractivity contribution in [2.24, 2.45) is 5.10 Å². The largest absolute Gasteiger partial charge is 0.325 e. The van der Waals surface area contributed by atoms with E-state index in [1.54, 1.807) is 29.2 Å². The van der Waals surface area contributed by atoms with Crippen molar-refractivity contribution >= 4 is 29.1 Å². The molecule has 3 atom stereocenters. The molecule has 1 aromatic carbocycles. The smallest absolute Gasteiger partial charge is 0.268 e. The molecule has 1 saturated heterocycles. The second kappa shape index (κ2) is 7.85. The monoisotopic (exact) mass is 397 g/mol. The van der Waals surface area contributed by atoms with E-state index in [0.717, 1.165) is 37.9 Å². The van der Waals surface area contributed by atoms with E-state index < -0.39 is 6.17 Å². The molecule has 2 fully saturated rings. The third-order valence-corrected chi connectivity index (χ3v) is 6.04. The van der Waals surface area contributed by atoms with Gasteiger partial charge in [0.15, 0.2) is 11.9 Å². The van der Waals surface area contributed by atoms with Gasteiger partial charge in [-0.1, -0.05) is 31.9 Å². The zero-order valence-electron chi connectivity index (χ0n) is 16.9. The number of Topliss-reactive ketones (excluding diaryl/α,β-unsaturated/α-hetero) is 1. The summed E-state index contributed by atoms with van der Waals surface area (Å²) in [6.07, 6.45) is 4.31. The molecule has 0 bridgehead atoms. The Hall–Kier alpha value is -2.90. The molecule has 3 aliphatic rings. The van der Waals surface area contributed by atoms with E-state index in [0.29, 0.717) is 11.3 Å². The maximum atomic E-state index is 13.2. The second-order valence-corrected chi connectivity index (χ2v) is 7.89. The molecule has 29 heavy (non-hydrogen) atoms. The van der Waals surface area contributed by atoms with Gasteiger partial charge >= 0.3 is 0 Å². The third-order valence-electron chi connectivity index (χ3n) is 6.04. The first-order valence-corrected chi connectivity index (χ1v) is 10.3. The Bertz CT molecular complexity index is 868. The molecule has 2 heterocycles. The van der Waals surface area contributed by atoms with Crippen LogP contribution in [-0.4, -0.2) is 58.0 Å². The Balaban J connectivity index is 1.50. The predicted molar refractivity (Wildman–Crippen MR) is 109 cm³/mol. The average molecular weight is 397 g/mol. The lowest BCUT2D eigenvalue weighted by Crippen LogP contribution is -2.69. The summed E-state index contributed by atoms with van der Waals surface area (Å²) in [5, 5.41) is 7.19. The summed E-state index contributed by atoms with van der Waals surface area (Å²) in [5.41, 5.74) is 4.07. The minimum atomic E-state index is -0.516. The lowest BCUT2D eigenvalue weighted by Gasteiger charge is -2.51. The van der Waals surface area contributed by atoms with Crippen molar-refractivity contribution in [3.05, 3.63) is 29.8 Å². The highest BCUT2D eigenvalue weighted by molar-refractivity contribution is 5.99. The van der Waals surface area contributed by atoms with Crippen LogP contribution < -0.4 is 10.7 Å². The maximum Gasteiger partial charge on any atom is 0.268 e. The van der Waals surface area contributed by atoms with Crippen molar-refractivity contribution in [1.82, 2.24) is 15.2 Å². The van der Waals surface area contributed by atoms with E-state index in [1.165, 1.54) is 6.92 Å². The lowest BCUT2D eigenvalue weighted by atomic mass is 9.85. The number of nitrogens with one attached hydrogen (secondary N) is 2. The fourth-order valence-corrected chi connectivity index (χ4v) is 4.69. The molecular weight excluding hydrogens is 370 g/mol. The number of amidine groups is 1. The van der Waals surface area contributed by atoms with Crippen molar-refractivity contribution in [2.45, 2.75) is 64.2 Å². The van der Waals surface area contributed by atoms with Gasteiger partial charge in [-0.25, -0.2) is 0 Å². The van der Waals surface area contributed by atoms with Gasteiger partial charge in [0.25, 0.3) is 5.91 Å². The van der Waals surface area contributed by atoms with Crippen LogP contribution in [0.25, 0.3) is 0 Å². The van der Waals surface area contributed by atoms with E-state index in [-0.39, 0.29) is 36.2 Å². The molecule has 2 N–H and O–H groups in total. The highest BCUT2D eigenvalue weighted by Crippen LogP contribution is 2.35. The van der Waals surface area contributed by atoms with Crippen molar-refractivity contribution in [3.8, 4) is 0 Å². The Morgan fingerprint density at radius 1 is 1.24 bits per heavy atom. The topological polar surface area (TPSA) is 94.1 Å². The van der Waals surface area contributed by atoms with Crippen LogP contribution in [-0.2, 0) is 9.59 Å². The number of carbonyl (C=O) groups is 3. The zero-order valence-corrected chi connectivity index (χ0v) is 16.9. The van der Waals surface area contributed by atoms with Gasteiger partial charge in [-0.3, -0.25) is 19.8 Å². The summed E-state index contributed by atoms with van der Waals surface area (Å²) in [6.45, 7) is 3.53. The van der Waals surface area contributed by atoms with Crippen molar-refractivity contribution in [3.63, 3.8) is 0 Å². The average Bonchev–Trinajstić information content (AvgIpc) is 3.16. The van der Waals surface area contributed by atoms with Gasteiger partial charge < -0.3 is 15.1 Å². The molecule has 0 spiro atoms. The Morgan fingerprint density at radius 2 is 2.00 bits per heavy atom. The molecular formula is C21H27N5O3. The van der Waals surface area contributed by atoms with Gasteiger partial charge in [-0.05, 0) is 31.9 Å². The van der Waals surface area contributed by atoms with Gasteiger partial charge in [0.05, 0.1) is 12.1 Å². The number of ketones is 1. The number of rotatable bonds is 5. The lowest BCUT2D eigenvalue weighted by molar-refractivity contribution is -0.151. The number of hydrogen-bond donors (Lipinski definition) is 2. The van der Waals surface area contributed by atoms with Crippen LogP contribution in [0.1, 0.15) is 56.3 Å². The molecule has 2 amide bonds. The van der Waals surface area contributed by atoms with Crippen LogP contribution >= 0.6 is 0 Å². The van der Waals surface area contributed by atoms with Crippen LogP contribution in [0.4, 0.5) is 5.69 Å². The molecule has 8 nitrogen and oxygen atoms in total. The minimum Gasteiger partial charge on any atom is -0.325 e. The van der Waals surface area contributed by atoms with E-state index >= 15 is 0 Å². The Kier molecular flexibility index (Phi) is 5.25. The number of nitrogens with zero attached hydrogens (tertiary/aromatic N) is 3. The molecule has 0 aromatic heterocycles. The summed E-state index contributed by atoms with van der Waals surface area (Å²) < 4.78 is 0. The highest BCUT2D eigenvalue weighted by atomic mass is 16.2. The Morgan fingerprint density at radius 3 is 2.72 bits per heavy atom. The molecule has 2 aliphatic heterocycles. The number of piperazine rings is 1. The molecule has 0 radical (unpaired) electrons. The van der Waals surface area contributed by atoms with Gasteiger partial charge in [0.1, 0.15) is 12.4 Å². The van der Waals surface area contributed by atoms with Crippen molar-refractivity contribution < 1.29 is 14.4 Å². The van der Waals surface area contributed by atoms with Crippen LogP contribution in [0.15, 0.2) is 29.4 Å². The molecule has 4 rings (SSSR count). The first-order chi connectivity index (χ1) is 14.0. The van der Waals surface area contributed by atoms with Crippen LogP contribution in [0.5, 0.6) is 0 Å². The molecule has 1 aromatic rings. The number of anilines is 1. The normalized spacial score (nSPS) is 25.7. The van der Waals surface area contributed by atoms with E-state index in [1.807, 2.05) is 6.92 Å². The van der Waals surface area contributed by atoms with E-state index in [4.69, 9.17) is 0 Å². The van der Waals surface area contributed by atoms with Crippen molar-refractivity contribution in [2.75, 3.05) is 11.9 Å². The third kappa shape index (κ3) is 3.59. The number of fused-ring (bicyclic) bond motifs is 3. The quantitative estimate of drug-likeness (QED) is 0.741. The highest BCUT2D eigenvalue weighted by Gasteiger charge is 2.50. The summed E-state index contributed by atoms with van der Waals surface area (Å²) in [5.74, 6) is 0.501. The zero-order chi connectivity index (χ0) is 20.5. The molecule has 154 valence electrons. The standard InChI is InChI=1S/C21H27N5O3/c1-3-18-23-24-20-21(29)25(16-9-4-5-10-17(16)26(18)20)12-19(28)22-15-8-6-7-14(11-15)13(2)27/h6-8,11,16-17,20,24H,3-5,9-10,12H2,1-2H3,(H,22,28). The van der Waals surface area contributed by atoms with Gasteiger partial charge in [0.2, 0.25) is 5.91 Å². The maximum absolute atomic E-state index is 13.2. The van der Waals surface area contributed by atoms with Gasteiger partial charge in [-0.2, -0.15) is 5.10 Å². The molecule has 1 aliphatic carbocycles. The SMILES string of the molecule is CCC1=NNC2C(=O)N(CC(=O)Nc3cccc(C(C)=O)c3)C3CCCCC3N12. The minimum absolute atomic E-state index is 0.00220. The molecule has 1 saturated carbocycles. The van der Waals surface area contributed by atoms with Crippen molar-refractivity contribution in [1.29, 1.82) is 0 Å². The number of hydrogen-bond acceptors (Lipinski definition) is 6. The number of benzene rings is 1. The summed E-state index contributed by atoms with van der Waals surface area (Å²) in [6, 6.07) is 7.05. The van der Waals surface area contributed by atoms with Crippen LogP contribution in [0.3, 0.4) is 0 Å². The van der Waals surface area contributed by atoms with Gasteiger partial charge in [-0.15, -0.1) is 0 Å². The Labute approximate surface area is 170 Å². The number of hydrazone groups is 1. The summed E-state index contributed by atoms with van der Waals surface area (Å²) >= 11 is 0. The van der Waals surface area contributed by atoms with E-state index in [9.17, 15) is 14.4 Å². The number of carbonyl (C=O) groups excluding carboxylic acids is 3. The molecule has 8 heteroatoms. The van der Waals surface area contributed by atoms with Crippen LogP contribution in [0.2, 0.25) is 0 Å². The fraction of sp³-hybridized carbons (Fsp3) is 0.524. The number of amides is 2. The van der Waals surface area contributed by atoms with E-state index in [2.05, 4.69) is 20.7 Å². The predicted octanol–water partition coefficient (Wildman–Crippen LogP) is 1.94. The second-order valence-electron chi connectivity index (χ2n) is 7.89. The fourth-order valence-electron chi connectivity index (χ4n) is 4.69. The van der Waals surface area contributed by atoms with Crippen LogP contribution in [0, 0.1) is 0 Å². The van der Waals surface area contributed by atoms with Gasteiger partial charge in [0, 0.05) is 17.7 Å². The summed E-state index contributed by atoms with van der Waals surface area (Å²) in [4.78, 5) is 41.3.